The van der Waals surface area contributed by atoms with Crippen LogP contribution in [-0.2, 0) is 0 Å². The predicted molar refractivity (Wildman–Crippen MR) is 74.9 cm³/mol. The van der Waals surface area contributed by atoms with Crippen LogP contribution < -0.4 is 14.8 Å². The lowest BCUT2D eigenvalue weighted by atomic mass is 10.1. The second-order valence-electron chi connectivity index (χ2n) is 3.81. The summed E-state index contributed by atoms with van der Waals surface area (Å²) >= 11 is 1.56. The van der Waals surface area contributed by atoms with Crippen LogP contribution in [0, 0.1) is 6.92 Å². The molecule has 2 aromatic rings. The summed E-state index contributed by atoms with van der Waals surface area (Å²) in [5, 5.41) is 5.91. The lowest BCUT2D eigenvalue weighted by Gasteiger charge is -2.11. The molecule has 0 radical (unpaired) electrons. The number of benzene rings is 1. The van der Waals surface area contributed by atoms with E-state index in [4.69, 9.17) is 9.47 Å². The van der Waals surface area contributed by atoms with Gasteiger partial charge in [-0.3, -0.25) is 0 Å². The summed E-state index contributed by atoms with van der Waals surface area (Å²) in [5.41, 5.74) is 2.87. The molecule has 1 N–H and O–H groups in total. The van der Waals surface area contributed by atoms with Crippen molar-refractivity contribution in [2.45, 2.75) is 6.92 Å². The van der Waals surface area contributed by atoms with Gasteiger partial charge in [0.25, 0.3) is 0 Å². The molecule has 1 aromatic carbocycles. The third-order valence-electron chi connectivity index (χ3n) is 2.71. The van der Waals surface area contributed by atoms with Crippen molar-refractivity contribution in [1.82, 2.24) is 4.98 Å². The Bertz CT molecular complexity index is 552. The number of nitrogens with zero attached hydrogens (tertiary/aromatic N) is 1. The molecule has 0 aliphatic heterocycles. The van der Waals surface area contributed by atoms with Gasteiger partial charge in [-0.15, -0.1) is 11.3 Å². The van der Waals surface area contributed by atoms with Crippen molar-refractivity contribution in [2.24, 2.45) is 0 Å². The Morgan fingerprint density at radius 1 is 1.17 bits per heavy atom. The van der Waals surface area contributed by atoms with Crippen LogP contribution in [0.5, 0.6) is 11.5 Å². The highest BCUT2D eigenvalue weighted by molar-refractivity contribution is 7.14. The van der Waals surface area contributed by atoms with Gasteiger partial charge in [0, 0.05) is 18.0 Å². The first-order valence-corrected chi connectivity index (χ1v) is 6.43. The zero-order valence-corrected chi connectivity index (χ0v) is 11.7. The molecule has 0 amide bonds. The first-order chi connectivity index (χ1) is 8.69. The van der Waals surface area contributed by atoms with E-state index in [1.165, 1.54) is 0 Å². The van der Waals surface area contributed by atoms with Crippen LogP contribution in [-0.4, -0.2) is 26.3 Å². The largest absolute Gasteiger partial charge is 0.496 e. The van der Waals surface area contributed by atoms with E-state index < -0.39 is 0 Å². The third-order valence-corrected chi connectivity index (χ3v) is 3.57. The van der Waals surface area contributed by atoms with Gasteiger partial charge in [-0.1, -0.05) is 0 Å². The summed E-state index contributed by atoms with van der Waals surface area (Å²) in [6, 6.07) is 3.93. The maximum Gasteiger partial charge on any atom is 0.182 e. The molecule has 0 unspecified atom stereocenters. The summed E-state index contributed by atoms with van der Waals surface area (Å²) in [5.74, 6) is 1.64. The number of thiazole rings is 1. The first kappa shape index (κ1) is 12.7. The number of hydrogen-bond acceptors (Lipinski definition) is 5. The molecule has 0 saturated heterocycles. The SMILES string of the molecule is CNc1nc(-c2cc(OC)c(C)cc2OC)cs1. The van der Waals surface area contributed by atoms with E-state index in [0.717, 1.165) is 33.5 Å². The van der Waals surface area contributed by atoms with Gasteiger partial charge < -0.3 is 14.8 Å². The minimum atomic E-state index is 0.807. The second-order valence-corrected chi connectivity index (χ2v) is 4.67. The van der Waals surface area contributed by atoms with Crippen LogP contribution in [0.1, 0.15) is 5.56 Å². The summed E-state index contributed by atoms with van der Waals surface area (Å²) in [6.07, 6.45) is 0. The number of aryl methyl sites for hydroxylation is 1. The van der Waals surface area contributed by atoms with Crippen molar-refractivity contribution in [3.05, 3.63) is 23.1 Å². The van der Waals surface area contributed by atoms with Crippen molar-refractivity contribution in [2.75, 3.05) is 26.6 Å². The Morgan fingerprint density at radius 3 is 2.44 bits per heavy atom. The Hall–Kier alpha value is -1.75. The maximum absolute atomic E-state index is 5.41. The number of hydrogen-bond donors (Lipinski definition) is 1. The lowest BCUT2D eigenvalue weighted by molar-refractivity contribution is 0.401. The average molecular weight is 264 g/mol. The number of anilines is 1. The van der Waals surface area contributed by atoms with E-state index >= 15 is 0 Å². The number of aromatic nitrogens is 1. The molecule has 0 aliphatic carbocycles. The molecule has 0 fully saturated rings. The molecule has 5 heteroatoms. The molecule has 4 nitrogen and oxygen atoms in total. The van der Waals surface area contributed by atoms with Crippen LogP contribution in [0.3, 0.4) is 0 Å². The van der Waals surface area contributed by atoms with Crippen molar-refractivity contribution in [3.8, 4) is 22.8 Å². The fraction of sp³-hybridized carbons (Fsp3) is 0.308. The minimum Gasteiger partial charge on any atom is -0.496 e. The van der Waals surface area contributed by atoms with Crippen molar-refractivity contribution in [1.29, 1.82) is 0 Å². The van der Waals surface area contributed by atoms with E-state index in [-0.39, 0.29) is 0 Å². The molecule has 2 rings (SSSR count). The van der Waals surface area contributed by atoms with E-state index in [0.29, 0.717) is 0 Å². The van der Waals surface area contributed by atoms with Crippen LogP contribution in [0.25, 0.3) is 11.3 Å². The summed E-state index contributed by atoms with van der Waals surface area (Å²) in [7, 11) is 5.18. The third kappa shape index (κ3) is 2.26. The molecule has 0 aliphatic rings. The van der Waals surface area contributed by atoms with Gasteiger partial charge in [0.1, 0.15) is 11.5 Å². The summed E-state index contributed by atoms with van der Waals surface area (Å²) in [6.45, 7) is 1.99. The van der Waals surface area contributed by atoms with Crippen molar-refractivity contribution >= 4 is 16.5 Å². The fourth-order valence-corrected chi connectivity index (χ4v) is 2.43. The smallest absolute Gasteiger partial charge is 0.182 e. The van der Waals surface area contributed by atoms with E-state index in [1.54, 1.807) is 25.6 Å². The molecule has 0 saturated carbocycles. The maximum atomic E-state index is 5.41. The quantitative estimate of drug-likeness (QED) is 0.921. The normalized spacial score (nSPS) is 10.2. The zero-order valence-electron chi connectivity index (χ0n) is 10.9. The number of methoxy groups -OCH3 is 2. The minimum absolute atomic E-state index is 0.807. The van der Waals surface area contributed by atoms with E-state index in [9.17, 15) is 0 Å². The van der Waals surface area contributed by atoms with Crippen LogP contribution >= 0.6 is 11.3 Å². The molecule has 1 aromatic heterocycles. The van der Waals surface area contributed by atoms with Crippen molar-refractivity contribution < 1.29 is 9.47 Å². The van der Waals surface area contributed by atoms with Gasteiger partial charge in [0.05, 0.1) is 19.9 Å². The molecule has 18 heavy (non-hydrogen) atoms. The molecule has 96 valence electrons. The van der Waals surface area contributed by atoms with Crippen LogP contribution in [0.2, 0.25) is 0 Å². The van der Waals surface area contributed by atoms with Gasteiger partial charge in [-0.25, -0.2) is 4.98 Å². The Labute approximate surface area is 111 Å². The molecule has 0 spiro atoms. The topological polar surface area (TPSA) is 43.4 Å². The summed E-state index contributed by atoms with van der Waals surface area (Å²) in [4.78, 5) is 4.48. The first-order valence-electron chi connectivity index (χ1n) is 5.56. The Balaban J connectivity index is 2.54. The lowest BCUT2D eigenvalue weighted by Crippen LogP contribution is -1.94. The van der Waals surface area contributed by atoms with Crippen LogP contribution in [0.15, 0.2) is 17.5 Å². The predicted octanol–water partition coefficient (Wildman–Crippen LogP) is 3.18. The molecule has 1 heterocycles. The van der Waals surface area contributed by atoms with Gasteiger partial charge in [-0.2, -0.15) is 0 Å². The van der Waals surface area contributed by atoms with Crippen LogP contribution in [0.4, 0.5) is 5.13 Å². The summed E-state index contributed by atoms with van der Waals surface area (Å²) < 4.78 is 10.8. The van der Waals surface area contributed by atoms with Crippen molar-refractivity contribution in [3.63, 3.8) is 0 Å². The number of ether oxygens (including phenoxy) is 2. The highest BCUT2D eigenvalue weighted by atomic mass is 32.1. The highest BCUT2D eigenvalue weighted by Gasteiger charge is 2.13. The Morgan fingerprint density at radius 2 is 1.89 bits per heavy atom. The Kier molecular flexibility index (Phi) is 3.72. The number of rotatable bonds is 4. The molecule has 0 atom stereocenters. The van der Waals surface area contributed by atoms with E-state index in [1.807, 2.05) is 31.5 Å². The monoisotopic (exact) mass is 264 g/mol. The fourth-order valence-electron chi connectivity index (χ4n) is 1.76. The average Bonchev–Trinajstić information content (AvgIpc) is 2.87. The molecule has 0 bridgehead atoms. The van der Waals surface area contributed by atoms with Gasteiger partial charge in [-0.05, 0) is 24.6 Å². The standard InChI is InChI=1S/C13H16N2O2S/c1-8-5-12(17-4)9(6-11(8)16-3)10-7-18-13(14-2)15-10/h5-7H,1-4H3,(H,14,15). The zero-order chi connectivity index (χ0) is 13.1. The van der Waals surface area contributed by atoms with Gasteiger partial charge in [0.2, 0.25) is 0 Å². The second kappa shape index (κ2) is 5.27. The van der Waals surface area contributed by atoms with Gasteiger partial charge in [0.15, 0.2) is 5.13 Å². The van der Waals surface area contributed by atoms with Gasteiger partial charge >= 0.3 is 0 Å². The van der Waals surface area contributed by atoms with E-state index in [2.05, 4.69) is 10.3 Å². The number of nitrogens with one attached hydrogen (secondary N) is 1. The highest BCUT2D eigenvalue weighted by Crippen LogP contribution is 2.36. The molecular weight excluding hydrogens is 248 g/mol. The molecular formula is C13H16N2O2S.